The number of amides is 2. The van der Waals surface area contributed by atoms with E-state index in [1.165, 1.54) is 0 Å². The summed E-state index contributed by atoms with van der Waals surface area (Å²) in [6.07, 6.45) is 0.830. The molecule has 27 heavy (non-hydrogen) atoms. The van der Waals surface area contributed by atoms with E-state index < -0.39 is 0 Å². The molecule has 0 bridgehead atoms. The number of carbonyl (C=O) groups is 2. The second-order valence-electron chi connectivity index (χ2n) is 6.03. The maximum absolute atomic E-state index is 12.2. The first-order chi connectivity index (χ1) is 13.1. The van der Waals surface area contributed by atoms with Gasteiger partial charge in [-0.25, -0.2) is 0 Å². The van der Waals surface area contributed by atoms with E-state index in [2.05, 4.69) is 5.32 Å². The molecule has 7 nitrogen and oxygen atoms in total. The zero-order valence-corrected chi connectivity index (χ0v) is 15.4. The van der Waals surface area contributed by atoms with E-state index in [0.29, 0.717) is 35.2 Å². The Kier molecular flexibility index (Phi) is 5.80. The Morgan fingerprint density at radius 2 is 2.04 bits per heavy atom. The highest BCUT2D eigenvalue weighted by Gasteiger charge is 2.25. The van der Waals surface area contributed by atoms with Crippen molar-refractivity contribution in [2.75, 3.05) is 37.1 Å². The molecule has 1 N–H and O–H groups in total. The summed E-state index contributed by atoms with van der Waals surface area (Å²) in [5.41, 5.74) is 1.24. The third-order valence-electron chi connectivity index (χ3n) is 4.04. The van der Waals surface area contributed by atoms with Crippen molar-refractivity contribution in [3.63, 3.8) is 0 Å². The lowest BCUT2D eigenvalue weighted by Crippen LogP contribution is -2.39. The lowest BCUT2D eigenvalue weighted by Gasteiger charge is -2.29. The fourth-order valence-corrected chi connectivity index (χ4v) is 2.79. The second-order valence-corrected chi connectivity index (χ2v) is 6.03. The molecule has 0 saturated carbocycles. The molecular formula is C20H22N2O5. The molecule has 2 aromatic carbocycles. The van der Waals surface area contributed by atoms with Crippen LogP contribution in [0.5, 0.6) is 17.2 Å². The first-order valence-electron chi connectivity index (χ1n) is 8.74. The molecule has 1 aliphatic heterocycles. The Morgan fingerprint density at radius 1 is 1.22 bits per heavy atom. The molecule has 0 atom stereocenters. The van der Waals surface area contributed by atoms with Crippen LogP contribution in [0.1, 0.15) is 13.3 Å². The molecular weight excluding hydrogens is 348 g/mol. The quantitative estimate of drug-likeness (QED) is 0.811. The van der Waals surface area contributed by atoms with Gasteiger partial charge in [0.15, 0.2) is 13.2 Å². The Balaban J connectivity index is 1.65. The maximum Gasteiger partial charge on any atom is 0.265 e. The molecule has 1 heterocycles. The van der Waals surface area contributed by atoms with Crippen LogP contribution in [0, 0.1) is 0 Å². The van der Waals surface area contributed by atoms with Gasteiger partial charge in [0.05, 0.1) is 12.8 Å². The maximum atomic E-state index is 12.2. The number of nitrogens with zero attached hydrogens (tertiary/aromatic N) is 1. The van der Waals surface area contributed by atoms with Crippen molar-refractivity contribution in [2.24, 2.45) is 0 Å². The minimum absolute atomic E-state index is 0.0348. The molecule has 0 fully saturated rings. The van der Waals surface area contributed by atoms with Crippen molar-refractivity contribution in [3.8, 4) is 17.2 Å². The van der Waals surface area contributed by atoms with E-state index in [1.54, 1.807) is 54.5 Å². The molecule has 0 aliphatic carbocycles. The summed E-state index contributed by atoms with van der Waals surface area (Å²) in [6, 6.07) is 12.3. The number of benzene rings is 2. The van der Waals surface area contributed by atoms with Crippen LogP contribution in [-0.2, 0) is 9.59 Å². The van der Waals surface area contributed by atoms with Gasteiger partial charge in [-0.3, -0.25) is 9.59 Å². The number of methoxy groups -OCH3 is 1. The SMILES string of the molecule is CCCN1C(=O)COc2ccc(NC(=O)COc3cccc(OC)c3)cc21. The monoisotopic (exact) mass is 370 g/mol. The number of rotatable bonds is 7. The topological polar surface area (TPSA) is 77.1 Å². The van der Waals surface area contributed by atoms with Gasteiger partial charge in [0.25, 0.3) is 11.8 Å². The summed E-state index contributed by atoms with van der Waals surface area (Å²) in [5.74, 6) is 1.44. The van der Waals surface area contributed by atoms with Crippen LogP contribution in [0.15, 0.2) is 42.5 Å². The van der Waals surface area contributed by atoms with Crippen LogP contribution in [0.2, 0.25) is 0 Å². The number of hydrogen-bond acceptors (Lipinski definition) is 5. The van der Waals surface area contributed by atoms with E-state index in [-0.39, 0.29) is 25.0 Å². The van der Waals surface area contributed by atoms with E-state index in [9.17, 15) is 9.59 Å². The summed E-state index contributed by atoms with van der Waals surface area (Å²) in [6.45, 7) is 2.50. The van der Waals surface area contributed by atoms with Gasteiger partial charge >= 0.3 is 0 Å². The number of fused-ring (bicyclic) bond motifs is 1. The Morgan fingerprint density at radius 3 is 2.81 bits per heavy atom. The molecule has 0 saturated heterocycles. The second kappa shape index (κ2) is 8.44. The number of anilines is 2. The minimum atomic E-state index is -0.303. The predicted molar refractivity (Wildman–Crippen MR) is 102 cm³/mol. The van der Waals surface area contributed by atoms with Crippen molar-refractivity contribution in [2.45, 2.75) is 13.3 Å². The molecule has 7 heteroatoms. The van der Waals surface area contributed by atoms with Crippen LogP contribution in [0.3, 0.4) is 0 Å². The standard InChI is InChI=1S/C20H22N2O5/c1-3-9-22-17-10-14(7-8-18(17)27-13-20(22)24)21-19(23)12-26-16-6-4-5-15(11-16)25-2/h4-8,10-11H,3,9,12-13H2,1-2H3,(H,21,23). The van der Waals surface area contributed by atoms with Crippen molar-refractivity contribution < 1.29 is 23.8 Å². The van der Waals surface area contributed by atoms with Gasteiger partial charge in [0.2, 0.25) is 0 Å². The van der Waals surface area contributed by atoms with Crippen LogP contribution < -0.4 is 24.4 Å². The van der Waals surface area contributed by atoms with Gasteiger partial charge in [-0.15, -0.1) is 0 Å². The van der Waals surface area contributed by atoms with Crippen molar-refractivity contribution in [3.05, 3.63) is 42.5 Å². The highest BCUT2D eigenvalue weighted by Crippen LogP contribution is 2.34. The average molecular weight is 370 g/mol. The first kappa shape index (κ1) is 18.6. The van der Waals surface area contributed by atoms with Gasteiger partial charge in [-0.1, -0.05) is 13.0 Å². The molecule has 2 aromatic rings. The third-order valence-corrected chi connectivity index (χ3v) is 4.04. The van der Waals surface area contributed by atoms with Gasteiger partial charge < -0.3 is 24.4 Å². The van der Waals surface area contributed by atoms with Crippen LogP contribution in [0.25, 0.3) is 0 Å². The smallest absolute Gasteiger partial charge is 0.265 e. The first-order valence-corrected chi connectivity index (χ1v) is 8.74. The van der Waals surface area contributed by atoms with E-state index >= 15 is 0 Å². The Bertz CT molecular complexity index is 837. The minimum Gasteiger partial charge on any atom is -0.497 e. The molecule has 142 valence electrons. The third kappa shape index (κ3) is 4.49. The summed E-state index contributed by atoms with van der Waals surface area (Å²) in [5, 5.41) is 2.78. The summed E-state index contributed by atoms with van der Waals surface area (Å²) >= 11 is 0. The van der Waals surface area contributed by atoms with Crippen molar-refractivity contribution in [1.29, 1.82) is 0 Å². The Labute approximate surface area is 157 Å². The largest absolute Gasteiger partial charge is 0.497 e. The predicted octanol–water partition coefficient (Wildman–Crippen LogP) is 2.85. The summed E-state index contributed by atoms with van der Waals surface area (Å²) in [4.78, 5) is 26.0. The normalized spacial score (nSPS) is 12.8. The molecule has 0 unspecified atom stereocenters. The summed E-state index contributed by atoms with van der Waals surface area (Å²) < 4.78 is 16.1. The molecule has 0 aromatic heterocycles. The van der Waals surface area contributed by atoms with Crippen LogP contribution >= 0.6 is 0 Å². The highest BCUT2D eigenvalue weighted by atomic mass is 16.5. The number of carbonyl (C=O) groups excluding carboxylic acids is 2. The molecule has 0 radical (unpaired) electrons. The molecule has 3 rings (SSSR count). The summed E-state index contributed by atoms with van der Waals surface area (Å²) in [7, 11) is 1.57. The fraction of sp³-hybridized carbons (Fsp3) is 0.300. The van der Waals surface area contributed by atoms with Gasteiger partial charge in [0, 0.05) is 18.3 Å². The molecule has 0 spiro atoms. The number of ether oxygens (including phenoxy) is 3. The molecule has 1 aliphatic rings. The van der Waals surface area contributed by atoms with E-state index in [4.69, 9.17) is 14.2 Å². The van der Waals surface area contributed by atoms with E-state index in [0.717, 1.165) is 6.42 Å². The van der Waals surface area contributed by atoms with E-state index in [1.807, 2.05) is 6.92 Å². The van der Waals surface area contributed by atoms with Crippen LogP contribution in [0.4, 0.5) is 11.4 Å². The van der Waals surface area contributed by atoms with Crippen molar-refractivity contribution >= 4 is 23.2 Å². The zero-order valence-electron chi connectivity index (χ0n) is 15.4. The van der Waals surface area contributed by atoms with Crippen LogP contribution in [-0.4, -0.2) is 38.7 Å². The molecule has 2 amide bonds. The highest BCUT2D eigenvalue weighted by molar-refractivity contribution is 5.99. The lowest BCUT2D eigenvalue weighted by molar-refractivity contribution is -0.121. The van der Waals surface area contributed by atoms with Crippen molar-refractivity contribution in [1.82, 2.24) is 0 Å². The average Bonchev–Trinajstić information content (AvgIpc) is 2.69. The number of nitrogens with one attached hydrogen (secondary N) is 1. The van der Waals surface area contributed by atoms with Gasteiger partial charge in [-0.2, -0.15) is 0 Å². The Hall–Kier alpha value is -3.22. The lowest BCUT2D eigenvalue weighted by atomic mass is 10.2. The van der Waals surface area contributed by atoms with Gasteiger partial charge in [0.1, 0.15) is 17.2 Å². The van der Waals surface area contributed by atoms with Gasteiger partial charge in [-0.05, 0) is 36.8 Å². The number of hydrogen-bond donors (Lipinski definition) is 1. The fourth-order valence-electron chi connectivity index (χ4n) is 2.79. The zero-order chi connectivity index (χ0) is 19.2.